The van der Waals surface area contributed by atoms with Crippen molar-refractivity contribution in [2.75, 3.05) is 14.2 Å². The first kappa shape index (κ1) is 16.2. The number of hydroxylamine groups is 1. The van der Waals surface area contributed by atoms with Crippen LogP contribution in [0.25, 0.3) is 0 Å². The van der Waals surface area contributed by atoms with E-state index in [9.17, 15) is 14.4 Å². The average molecular weight is 293 g/mol. The Bertz CT molecular complexity index is 579. The Balaban J connectivity index is 2.80. The summed E-state index contributed by atoms with van der Waals surface area (Å²) in [5, 5.41) is 0. The number of benzene rings is 1. The summed E-state index contributed by atoms with van der Waals surface area (Å²) in [6.45, 7) is 1.75. The molecule has 1 rings (SSSR count). The Kier molecular flexibility index (Phi) is 5.94. The van der Waals surface area contributed by atoms with Crippen LogP contribution in [-0.2, 0) is 23.9 Å². The van der Waals surface area contributed by atoms with Gasteiger partial charge in [-0.1, -0.05) is 18.2 Å². The number of carbonyl (C=O) groups excluding carboxylic acids is 3. The van der Waals surface area contributed by atoms with Crippen molar-refractivity contribution in [3.05, 3.63) is 47.2 Å². The largest absolute Gasteiger partial charge is 0.466 e. The molecule has 0 unspecified atom stereocenters. The molecule has 1 aromatic carbocycles. The number of amides is 1. The molecule has 1 amide bonds. The lowest BCUT2D eigenvalue weighted by molar-refractivity contribution is -0.143. The van der Waals surface area contributed by atoms with Crippen LogP contribution >= 0.6 is 0 Å². The third-order valence-corrected chi connectivity index (χ3v) is 2.48. The van der Waals surface area contributed by atoms with Crippen LogP contribution < -0.4 is 5.48 Å². The Labute approximate surface area is 121 Å². The van der Waals surface area contributed by atoms with Crippen molar-refractivity contribution in [3.8, 4) is 0 Å². The fraction of sp³-hybridized carbons (Fsp3) is 0.214. The lowest BCUT2D eigenvalue weighted by atomic mass is 10.1. The average Bonchev–Trinajstić information content (AvgIpc) is 2.50. The first-order valence-electron chi connectivity index (χ1n) is 5.90. The van der Waals surface area contributed by atoms with Crippen LogP contribution in [0.5, 0.6) is 0 Å². The molecule has 112 valence electrons. The van der Waals surface area contributed by atoms with E-state index >= 15 is 0 Å². The highest BCUT2D eigenvalue weighted by Gasteiger charge is 2.17. The van der Waals surface area contributed by atoms with Crippen LogP contribution in [-0.4, -0.2) is 32.1 Å². The number of rotatable bonds is 5. The van der Waals surface area contributed by atoms with Crippen LogP contribution in [0.4, 0.5) is 0 Å². The highest BCUT2D eigenvalue weighted by Crippen LogP contribution is 2.07. The number of nitrogens with one attached hydrogen (secondary N) is 1. The van der Waals surface area contributed by atoms with E-state index in [1.165, 1.54) is 0 Å². The molecule has 7 heteroatoms. The normalized spacial score (nSPS) is 10.5. The Morgan fingerprint density at radius 1 is 1.10 bits per heavy atom. The number of methoxy groups -OCH3 is 2. The molecule has 0 saturated heterocycles. The molecule has 1 aromatic rings. The zero-order valence-corrected chi connectivity index (χ0v) is 11.8. The Morgan fingerprint density at radius 3 is 2.33 bits per heavy atom. The van der Waals surface area contributed by atoms with Gasteiger partial charge in [0.1, 0.15) is 0 Å². The second kappa shape index (κ2) is 7.68. The molecule has 1 N–H and O–H groups in total. The predicted molar refractivity (Wildman–Crippen MR) is 71.8 cm³/mol. The number of hydrogen-bond donors (Lipinski definition) is 1. The van der Waals surface area contributed by atoms with Gasteiger partial charge in [0, 0.05) is 5.56 Å². The maximum absolute atomic E-state index is 11.9. The summed E-state index contributed by atoms with van der Waals surface area (Å²) in [5.74, 6) is -2.80. The van der Waals surface area contributed by atoms with Gasteiger partial charge in [0.2, 0.25) is 5.76 Å². The monoisotopic (exact) mass is 293 g/mol. The summed E-state index contributed by atoms with van der Waals surface area (Å²) < 4.78 is 8.80. The van der Waals surface area contributed by atoms with Gasteiger partial charge in [0.25, 0.3) is 5.91 Å². The van der Waals surface area contributed by atoms with Crippen LogP contribution in [0.1, 0.15) is 15.9 Å². The van der Waals surface area contributed by atoms with Crippen LogP contribution in [0.3, 0.4) is 0 Å². The molecule has 0 fully saturated rings. The molecule has 0 heterocycles. The highest BCUT2D eigenvalue weighted by atomic mass is 16.7. The lowest BCUT2D eigenvalue weighted by Gasteiger charge is -2.10. The third-order valence-electron chi connectivity index (χ3n) is 2.48. The first-order chi connectivity index (χ1) is 9.99. The molecule has 0 aliphatic heterocycles. The van der Waals surface area contributed by atoms with Gasteiger partial charge in [-0.2, -0.15) is 5.48 Å². The van der Waals surface area contributed by atoms with E-state index in [1.807, 2.05) is 0 Å². The highest BCUT2D eigenvalue weighted by molar-refractivity contribution is 5.97. The lowest BCUT2D eigenvalue weighted by Crippen LogP contribution is -2.27. The minimum Gasteiger partial charge on any atom is -0.466 e. The van der Waals surface area contributed by atoms with E-state index in [1.54, 1.807) is 31.2 Å². The van der Waals surface area contributed by atoms with Crippen molar-refractivity contribution in [2.45, 2.75) is 6.92 Å². The summed E-state index contributed by atoms with van der Waals surface area (Å²) >= 11 is 0. The van der Waals surface area contributed by atoms with E-state index in [0.717, 1.165) is 25.9 Å². The van der Waals surface area contributed by atoms with Gasteiger partial charge in [-0.3, -0.25) is 4.79 Å². The third kappa shape index (κ3) is 4.64. The molecule has 0 radical (unpaired) electrons. The number of ether oxygens (including phenoxy) is 2. The summed E-state index contributed by atoms with van der Waals surface area (Å²) in [5.41, 5.74) is 3.18. The summed E-state index contributed by atoms with van der Waals surface area (Å²) in [4.78, 5) is 39.2. The number of carbonyl (C=O) groups is 3. The predicted octanol–water partition coefficient (Wildman–Crippen LogP) is 0.886. The molecule has 7 nitrogen and oxygen atoms in total. The molecule has 21 heavy (non-hydrogen) atoms. The summed E-state index contributed by atoms with van der Waals surface area (Å²) in [6, 6.07) is 6.81. The zero-order valence-electron chi connectivity index (χ0n) is 11.8. The van der Waals surface area contributed by atoms with E-state index in [4.69, 9.17) is 4.84 Å². The van der Waals surface area contributed by atoms with E-state index < -0.39 is 23.6 Å². The molecular weight excluding hydrogens is 278 g/mol. The molecule has 0 atom stereocenters. The van der Waals surface area contributed by atoms with Crippen molar-refractivity contribution in [1.29, 1.82) is 0 Å². The second-order valence-electron chi connectivity index (χ2n) is 3.87. The van der Waals surface area contributed by atoms with Crippen molar-refractivity contribution in [1.82, 2.24) is 5.48 Å². The smallest absolute Gasteiger partial charge is 0.376 e. The first-order valence-corrected chi connectivity index (χ1v) is 5.90. The fourth-order valence-corrected chi connectivity index (χ4v) is 1.38. The van der Waals surface area contributed by atoms with Crippen LogP contribution in [0.15, 0.2) is 36.1 Å². The van der Waals surface area contributed by atoms with Crippen molar-refractivity contribution < 1.29 is 28.7 Å². The van der Waals surface area contributed by atoms with Crippen molar-refractivity contribution >= 4 is 17.8 Å². The van der Waals surface area contributed by atoms with Crippen LogP contribution in [0, 0.1) is 6.92 Å². The molecule has 0 aliphatic carbocycles. The quantitative estimate of drug-likeness (QED) is 0.375. The molecular formula is C14H15NO6. The molecule has 0 spiro atoms. The topological polar surface area (TPSA) is 90.9 Å². The Morgan fingerprint density at radius 2 is 1.76 bits per heavy atom. The van der Waals surface area contributed by atoms with Crippen LogP contribution in [0.2, 0.25) is 0 Å². The number of hydrogen-bond acceptors (Lipinski definition) is 6. The maximum Gasteiger partial charge on any atom is 0.376 e. The van der Waals surface area contributed by atoms with Crippen molar-refractivity contribution in [2.24, 2.45) is 0 Å². The Hall–Kier alpha value is -2.83. The second-order valence-corrected chi connectivity index (χ2v) is 3.87. The summed E-state index contributed by atoms with van der Waals surface area (Å²) in [7, 11) is 2.25. The molecule has 0 aliphatic rings. The van der Waals surface area contributed by atoms with Gasteiger partial charge >= 0.3 is 11.9 Å². The fourth-order valence-electron chi connectivity index (χ4n) is 1.38. The zero-order chi connectivity index (χ0) is 15.8. The van der Waals surface area contributed by atoms with Gasteiger partial charge in [0.05, 0.1) is 20.3 Å². The molecule has 0 saturated carbocycles. The maximum atomic E-state index is 11.9. The van der Waals surface area contributed by atoms with E-state index in [0.29, 0.717) is 5.56 Å². The molecule has 0 bridgehead atoms. The van der Waals surface area contributed by atoms with Gasteiger partial charge in [-0.05, 0) is 18.6 Å². The van der Waals surface area contributed by atoms with Gasteiger partial charge in [-0.25, -0.2) is 9.59 Å². The minimum absolute atomic E-state index is 0.375. The van der Waals surface area contributed by atoms with Crippen molar-refractivity contribution in [3.63, 3.8) is 0 Å². The van der Waals surface area contributed by atoms with E-state index in [-0.39, 0.29) is 0 Å². The van der Waals surface area contributed by atoms with Gasteiger partial charge in [0.15, 0.2) is 0 Å². The summed E-state index contributed by atoms with van der Waals surface area (Å²) in [6.07, 6.45) is 0.768. The molecule has 0 aromatic heterocycles. The number of aryl methyl sites for hydroxylation is 1. The van der Waals surface area contributed by atoms with Gasteiger partial charge in [-0.15, -0.1) is 0 Å². The number of esters is 2. The van der Waals surface area contributed by atoms with Gasteiger partial charge < -0.3 is 14.3 Å². The minimum atomic E-state index is -0.925. The standard InChI is InChI=1S/C14H15NO6/c1-9-6-4-5-7-10(9)13(17)15-21-11(14(18)20-3)8-12(16)19-2/h4-8H,1-3H3,(H,15,17)/b11-8+. The van der Waals surface area contributed by atoms with E-state index in [2.05, 4.69) is 15.0 Å². The SMILES string of the molecule is COC(=O)/C=C(/ONC(=O)c1ccccc1C)C(=O)OC.